The van der Waals surface area contributed by atoms with E-state index in [1.54, 1.807) is 24.0 Å². The van der Waals surface area contributed by atoms with Crippen molar-refractivity contribution in [3.63, 3.8) is 0 Å². The molecule has 1 amide bonds. The summed E-state index contributed by atoms with van der Waals surface area (Å²) in [6.45, 7) is 2.49. The lowest BCUT2D eigenvalue weighted by molar-refractivity contribution is -0.120. The summed E-state index contributed by atoms with van der Waals surface area (Å²) in [5, 5.41) is 0. The highest BCUT2D eigenvalue weighted by Gasteiger charge is 2.24. The molecular weight excluding hydrogens is 428 g/mol. The molecule has 1 heterocycles. The number of carbonyl (C=O) groups excluding carboxylic acids is 1. The van der Waals surface area contributed by atoms with Crippen molar-refractivity contribution in [3.8, 4) is 11.5 Å². The number of hydrogen-bond acceptors (Lipinski definition) is 5. The van der Waals surface area contributed by atoms with E-state index in [4.69, 9.17) is 9.47 Å². The monoisotopic (exact) mass is 452 g/mol. The number of para-hydroxylation sites is 2. The lowest BCUT2D eigenvalue weighted by Crippen LogP contribution is -2.40. The van der Waals surface area contributed by atoms with E-state index in [1.165, 1.54) is 12.1 Å². The van der Waals surface area contributed by atoms with Gasteiger partial charge in [-0.1, -0.05) is 42.5 Å². The predicted octanol–water partition coefficient (Wildman–Crippen LogP) is 3.53. The highest BCUT2D eigenvalue weighted by molar-refractivity contribution is 7.89. The van der Waals surface area contributed by atoms with Gasteiger partial charge in [-0.05, 0) is 48.9 Å². The fourth-order valence-electron chi connectivity index (χ4n) is 3.48. The van der Waals surface area contributed by atoms with Gasteiger partial charge in [0.25, 0.3) is 5.91 Å². The van der Waals surface area contributed by atoms with Gasteiger partial charge < -0.3 is 14.4 Å². The maximum Gasteiger partial charge on any atom is 0.265 e. The Kier molecular flexibility index (Phi) is 6.43. The molecule has 0 bridgehead atoms. The van der Waals surface area contributed by atoms with E-state index < -0.39 is 10.0 Å². The SMILES string of the molecule is C[C@H](NS(=O)(=O)c1ccc(OCC(=O)N2CCOc3ccccc32)cc1)c1ccccc1. The minimum absolute atomic E-state index is 0.126. The fourth-order valence-corrected chi connectivity index (χ4v) is 4.71. The summed E-state index contributed by atoms with van der Waals surface area (Å²) in [6.07, 6.45) is 0. The number of carbonyl (C=O) groups is 1. The molecule has 1 N–H and O–H groups in total. The number of nitrogens with one attached hydrogen (secondary N) is 1. The van der Waals surface area contributed by atoms with Crippen LogP contribution in [0.25, 0.3) is 0 Å². The van der Waals surface area contributed by atoms with Crippen LogP contribution in [0, 0.1) is 0 Å². The molecule has 3 aromatic carbocycles. The summed E-state index contributed by atoms with van der Waals surface area (Å²) < 4.78 is 39.2. The van der Waals surface area contributed by atoms with Crippen molar-refractivity contribution in [1.82, 2.24) is 4.72 Å². The van der Waals surface area contributed by atoms with Crippen LogP contribution in [0.15, 0.2) is 83.8 Å². The molecule has 1 atom stereocenters. The first kappa shape index (κ1) is 21.9. The molecule has 0 fully saturated rings. The van der Waals surface area contributed by atoms with Gasteiger partial charge in [0.15, 0.2) is 6.61 Å². The zero-order chi connectivity index (χ0) is 22.6. The molecule has 0 aromatic heterocycles. The normalized spacial score (nSPS) is 14.2. The van der Waals surface area contributed by atoms with Crippen LogP contribution in [0.2, 0.25) is 0 Å². The van der Waals surface area contributed by atoms with E-state index in [1.807, 2.05) is 54.6 Å². The van der Waals surface area contributed by atoms with Crippen LogP contribution in [0.4, 0.5) is 5.69 Å². The largest absolute Gasteiger partial charge is 0.490 e. The number of rotatable bonds is 7. The summed E-state index contributed by atoms with van der Waals surface area (Å²) in [5.41, 5.74) is 1.59. The van der Waals surface area contributed by atoms with Crippen molar-refractivity contribution < 1.29 is 22.7 Å². The predicted molar refractivity (Wildman–Crippen MR) is 121 cm³/mol. The van der Waals surface area contributed by atoms with E-state index in [2.05, 4.69) is 4.72 Å². The molecule has 0 radical (unpaired) electrons. The van der Waals surface area contributed by atoms with Crippen LogP contribution < -0.4 is 19.1 Å². The highest BCUT2D eigenvalue weighted by atomic mass is 32.2. The number of hydrogen-bond donors (Lipinski definition) is 1. The molecule has 1 aliphatic rings. The van der Waals surface area contributed by atoms with Crippen LogP contribution in [-0.4, -0.2) is 34.1 Å². The van der Waals surface area contributed by atoms with Crippen molar-refractivity contribution in [3.05, 3.63) is 84.4 Å². The van der Waals surface area contributed by atoms with Crippen LogP contribution in [0.1, 0.15) is 18.5 Å². The molecule has 7 nitrogen and oxygen atoms in total. The number of nitrogens with zero attached hydrogens (tertiary/aromatic N) is 1. The molecule has 32 heavy (non-hydrogen) atoms. The summed E-state index contributed by atoms with van der Waals surface area (Å²) >= 11 is 0. The van der Waals surface area contributed by atoms with Gasteiger partial charge in [-0.15, -0.1) is 0 Å². The zero-order valence-electron chi connectivity index (χ0n) is 17.6. The summed E-state index contributed by atoms with van der Waals surface area (Å²) in [7, 11) is -3.70. The first-order valence-electron chi connectivity index (χ1n) is 10.3. The minimum atomic E-state index is -3.70. The average Bonchev–Trinajstić information content (AvgIpc) is 2.82. The Morgan fingerprint density at radius 2 is 1.72 bits per heavy atom. The molecule has 1 aliphatic heterocycles. The standard InChI is InChI=1S/C24H24N2O5S/c1-18(19-7-3-2-4-8-19)25-32(28,29)21-13-11-20(12-14-21)31-17-24(27)26-15-16-30-23-10-6-5-9-22(23)26/h2-14,18,25H,15-17H2,1H3/t18-/m0/s1. The number of ether oxygens (including phenoxy) is 2. The second-order valence-corrected chi connectivity index (χ2v) is 9.09. The number of anilines is 1. The number of amides is 1. The van der Waals surface area contributed by atoms with Gasteiger partial charge >= 0.3 is 0 Å². The van der Waals surface area contributed by atoms with Crippen LogP contribution in [0.3, 0.4) is 0 Å². The Morgan fingerprint density at radius 3 is 2.47 bits per heavy atom. The third kappa shape index (κ3) is 4.92. The van der Waals surface area contributed by atoms with Gasteiger partial charge in [-0.25, -0.2) is 13.1 Å². The van der Waals surface area contributed by atoms with Gasteiger partial charge in [0.1, 0.15) is 18.1 Å². The molecule has 4 rings (SSSR count). The number of fused-ring (bicyclic) bond motifs is 1. The third-order valence-electron chi connectivity index (χ3n) is 5.16. The summed E-state index contributed by atoms with van der Waals surface area (Å²) in [6, 6.07) is 22.3. The first-order valence-corrected chi connectivity index (χ1v) is 11.7. The average molecular weight is 453 g/mol. The molecule has 0 unspecified atom stereocenters. The Morgan fingerprint density at radius 1 is 1.03 bits per heavy atom. The lowest BCUT2D eigenvalue weighted by Gasteiger charge is -2.29. The Balaban J connectivity index is 1.37. The first-order chi connectivity index (χ1) is 15.4. The van der Waals surface area contributed by atoms with E-state index in [0.717, 1.165) is 5.56 Å². The minimum Gasteiger partial charge on any atom is -0.490 e. The second-order valence-electron chi connectivity index (χ2n) is 7.38. The second kappa shape index (κ2) is 9.42. The Hall–Kier alpha value is -3.36. The van der Waals surface area contributed by atoms with E-state index >= 15 is 0 Å². The number of sulfonamides is 1. The Labute approximate surface area is 187 Å². The molecule has 8 heteroatoms. The van der Waals surface area contributed by atoms with Crippen molar-refractivity contribution in [2.45, 2.75) is 17.9 Å². The topological polar surface area (TPSA) is 84.9 Å². The number of benzene rings is 3. The van der Waals surface area contributed by atoms with Gasteiger partial charge in [0, 0.05) is 6.04 Å². The van der Waals surface area contributed by atoms with Crippen molar-refractivity contribution in [2.24, 2.45) is 0 Å². The third-order valence-corrected chi connectivity index (χ3v) is 6.71. The smallest absolute Gasteiger partial charge is 0.265 e. The van der Waals surface area contributed by atoms with Gasteiger partial charge in [0.05, 0.1) is 17.1 Å². The Bertz CT molecular complexity index is 1180. The molecule has 0 aliphatic carbocycles. The van der Waals surface area contributed by atoms with E-state index in [-0.39, 0.29) is 23.5 Å². The van der Waals surface area contributed by atoms with Gasteiger partial charge in [-0.2, -0.15) is 0 Å². The molecular formula is C24H24N2O5S. The molecule has 0 saturated carbocycles. The fraction of sp³-hybridized carbons (Fsp3) is 0.208. The zero-order valence-corrected chi connectivity index (χ0v) is 18.4. The van der Waals surface area contributed by atoms with Crippen LogP contribution in [0.5, 0.6) is 11.5 Å². The summed E-state index contributed by atoms with van der Waals surface area (Å²) in [4.78, 5) is 14.4. The van der Waals surface area contributed by atoms with Crippen molar-refractivity contribution in [2.75, 3.05) is 24.7 Å². The van der Waals surface area contributed by atoms with Gasteiger partial charge in [-0.3, -0.25) is 4.79 Å². The van der Waals surface area contributed by atoms with Crippen molar-refractivity contribution in [1.29, 1.82) is 0 Å². The maximum atomic E-state index is 12.7. The highest BCUT2D eigenvalue weighted by Crippen LogP contribution is 2.31. The van der Waals surface area contributed by atoms with Crippen molar-refractivity contribution >= 4 is 21.6 Å². The summed E-state index contributed by atoms with van der Waals surface area (Å²) in [5.74, 6) is 0.879. The molecule has 166 valence electrons. The van der Waals surface area contributed by atoms with Crippen LogP contribution >= 0.6 is 0 Å². The molecule has 0 saturated heterocycles. The van der Waals surface area contributed by atoms with Crippen LogP contribution in [-0.2, 0) is 14.8 Å². The maximum absolute atomic E-state index is 12.7. The van der Waals surface area contributed by atoms with E-state index in [0.29, 0.717) is 30.3 Å². The quantitative estimate of drug-likeness (QED) is 0.593. The van der Waals surface area contributed by atoms with Gasteiger partial charge in [0.2, 0.25) is 10.0 Å². The van der Waals surface area contributed by atoms with E-state index in [9.17, 15) is 13.2 Å². The molecule has 0 spiro atoms. The lowest BCUT2D eigenvalue weighted by atomic mass is 10.1. The molecule has 3 aromatic rings.